The first-order valence-electron chi connectivity index (χ1n) is 7.58. The number of urea groups is 1. The minimum absolute atomic E-state index is 0.320. The van der Waals surface area contributed by atoms with Gasteiger partial charge in [0.2, 0.25) is 0 Å². The topological polar surface area (TPSA) is 66.5 Å². The maximum absolute atomic E-state index is 12.0. The van der Waals surface area contributed by atoms with Crippen LogP contribution in [0.1, 0.15) is 11.3 Å². The molecule has 0 aliphatic carbocycles. The first-order chi connectivity index (χ1) is 12.0. The highest BCUT2D eigenvalue weighted by Gasteiger charge is 2.08. The Balaban J connectivity index is 1.79. The van der Waals surface area contributed by atoms with Gasteiger partial charge in [-0.1, -0.05) is 29.3 Å². The van der Waals surface area contributed by atoms with Crippen molar-refractivity contribution in [2.45, 2.75) is 13.1 Å². The Morgan fingerprint density at radius 2 is 2.16 bits per heavy atom. The molecule has 0 unspecified atom stereocenters. The van der Waals surface area contributed by atoms with Crippen LogP contribution < -0.4 is 10.6 Å². The second-order valence-corrected chi connectivity index (χ2v) is 7.10. The van der Waals surface area contributed by atoms with Gasteiger partial charge in [0.25, 0.3) is 0 Å². The van der Waals surface area contributed by atoms with Crippen LogP contribution in [0.5, 0.6) is 0 Å². The van der Waals surface area contributed by atoms with Gasteiger partial charge in [0.05, 0.1) is 22.3 Å². The summed E-state index contributed by atoms with van der Waals surface area (Å²) < 4.78 is 5.04. The summed E-state index contributed by atoms with van der Waals surface area (Å²) in [7, 11) is 3.67. The highest BCUT2D eigenvalue weighted by Crippen LogP contribution is 2.22. The fraction of sp³-hybridized carbons (Fsp3) is 0.375. The quantitative estimate of drug-likeness (QED) is 0.703. The zero-order valence-corrected chi connectivity index (χ0v) is 16.3. The molecule has 2 N–H and O–H groups in total. The third-order valence-electron chi connectivity index (χ3n) is 3.32. The number of aromatic nitrogens is 1. The molecule has 2 rings (SSSR count). The summed E-state index contributed by atoms with van der Waals surface area (Å²) in [4.78, 5) is 18.5. The standard InChI is InChI=1S/C16H20Cl2N4O2S/c1-22(5-6-24-2)9-12-10-25-16(20-12)21-15(23)19-8-11-3-4-13(17)14(18)7-11/h3-4,7,10H,5-6,8-9H2,1-2H3,(H2,19,20,21,23). The van der Waals surface area contributed by atoms with Crippen LogP contribution >= 0.6 is 34.5 Å². The van der Waals surface area contributed by atoms with Crippen LogP contribution in [-0.4, -0.2) is 43.2 Å². The average Bonchev–Trinajstić information content (AvgIpc) is 3.00. The third kappa shape index (κ3) is 6.80. The van der Waals surface area contributed by atoms with Crippen molar-refractivity contribution < 1.29 is 9.53 Å². The summed E-state index contributed by atoms with van der Waals surface area (Å²) in [5, 5.41) is 8.92. The minimum atomic E-state index is -0.320. The lowest BCUT2D eigenvalue weighted by molar-refractivity contribution is 0.158. The zero-order chi connectivity index (χ0) is 18.2. The van der Waals surface area contributed by atoms with Crippen LogP contribution in [-0.2, 0) is 17.8 Å². The number of hydrogen-bond donors (Lipinski definition) is 2. The monoisotopic (exact) mass is 402 g/mol. The van der Waals surface area contributed by atoms with Crippen molar-refractivity contribution in [3.05, 3.63) is 44.9 Å². The number of hydrogen-bond acceptors (Lipinski definition) is 5. The van der Waals surface area contributed by atoms with Crippen LogP contribution in [0.4, 0.5) is 9.93 Å². The number of benzene rings is 1. The van der Waals surface area contributed by atoms with Crippen LogP contribution in [0.15, 0.2) is 23.6 Å². The Bertz CT molecular complexity index is 711. The van der Waals surface area contributed by atoms with Crippen LogP contribution in [0.25, 0.3) is 0 Å². The number of nitrogens with one attached hydrogen (secondary N) is 2. The summed E-state index contributed by atoms with van der Waals surface area (Å²) in [6, 6.07) is 4.92. The van der Waals surface area contributed by atoms with Crippen molar-refractivity contribution in [3.8, 4) is 0 Å². The van der Waals surface area contributed by atoms with Gasteiger partial charge in [0.15, 0.2) is 5.13 Å². The SMILES string of the molecule is COCCN(C)Cc1csc(NC(=O)NCc2ccc(Cl)c(Cl)c2)n1. The lowest BCUT2D eigenvalue weighted by Crippen LogP contribution is -2.28. The van der Waals surface area contributed by atoms with Crippen molar-refractivity contribution in [3.63, 3.8) is 0 Å². The number of thiazole rings is 1. The number of methoxy groups -OCH3 is 1. The average molecular weight is 403 g/mol. The number of amides is 2. The number of carbonyl (C=O) groups excluding carboxylic acids is 1. The summed E-state index contributed by atoms with van der Waals surface area (Å²) in [6.45, 7) is 2.54. The van der Waals surface area contributed by atoms with Crippen molar-refractivity contribution in [1.82, 2.24) is 15.2 Å². The molecule has 0 saturated heterocycles. The summed E-state index contributed by atoms with van der Waals surface area (Å²) in [6.07, 6.45) is 0. The molecule has 0 bridgehead atoms. The van der Waals surface area contributed by atoms with E-state index in [0.717, 1.165) is 17.8 Å². The van der Waals surface area contributed by atoms with Gasteiger partial charge < -0.3 is 10.1 Å². The molecule has 6 nitrogen and oxygen atoms in total. The Hall–Kier alpha value is -1.38. The number of halogens is 2. The molecule has 2 amide bonds. The molecule has 0 radical (unpaired) electrons. The van der Waals surface area contributed by atoms with E-state index >= 15 is 0 Å². The molecule has 0 saturated carbocycles. The van der Waals surface area contributed by atoms with Gasteiger partial charge in [-0.3, -0.25) is 10.2 Å². The number of carbonyl (C=O) groups is 1. The van der Waals surface area contributed by atoms with E-state index < -0.39 is 0 Å². The maximum Gasteiger partial charge on any atom is 0.321 e. The molecule has 136 valence electrons. The molecule has 9 heteroatoms. The maximum atomic E-state index is 12.0. The molecule has 25 heavy (non-hydrogen) atoms. The number of nitrogens with zero attached hydrogens (tertiary/aromatic N) is 2. The molecular weight excluding hydrogens is 383 g/mol. The minimum Gasteiger partial charge on any atom is -0.383 e. The third-order valence-corrected chi connectivity index (χ3v) is 4.86. The van der Waals surface area contributed by atoms with Gasteiger partial charge in [0, 0.05) is 32.1 Å². The van der Waals surface area contributed by atoms with E-state index in [2.05, 4.69) is 20.5 Å². The summed E-state index contributed by atoms with van der Waals surface area (Å²) in [5.41, 5.74) is 1.77. The highest BCUT2D eigenvalue weighted by molar-refractivity contribution is 7.13. The molecular formula is C16H20Cl2N4O2S. The van der Waals surface area contributed by atoms with E-state index in [-0.39, 0.29) is 6.03 Å². The van der Waals surface area contributed by atoms with Crippen LogP contribution in [0.3, 0.4) is 0 Å². The Labute approximate surface area is 161 Å². The lowest BCUT2D eigenvalue weighted by Gasteiger charge is -2.13. The molecule has 2 aromatic rings. The number of rotatable bonds is 8. The molecule has 0 atom stereocenters. The lowest BCUT2D eigenvalue weighted by atomic mass is 10.2. The molecule has 0 spiro atoms. The van der Waals surface area contributed by atoms with Crippen molar-refractivity contribution >= 4 is 45.7 Å². The first kappa shape index (κ1) is 19.9. The van der Waals surface area contributed by atoms with E-state index in [9.17, 15) is 4.79 Å². The predicted molar refractivity (Wildman–Crippen MR) is 103 cm³/mol. The first-order valence-corrected chi connectivity index (χ1v) is 9.22. The molecule has 0 aliphatic rings. The number of ether oxygens (including phenoxy) is 1. The van der Waals surface area contributed by atoms with Gasteiger partial charge >= 0.3 is 6.03 Å². The van der Waals surface area contributed by atoms with Gasteiger partial charge in [0.1, 0.15) is 0 Å². The van der Waals surface area contributed by atoms with Gasteiger partial charge in [-0.2, -0.15) is 0 Å². The van der Waals surface area contributed by atoms with Crippen molar-refractivity contribution in [2.24, 2.45) is 0 Å². The second-order valence-electron chi connectivity index (χ2n) is 5.43. The largest absolute Gasteiger partial charge is 0.383 e. The van der Waals surface area contributed by atoms with Crippen LogP contribution in [0.2, 0.25) is 10.0 Å². The van der Waals surface area contributed by atoms with E-state index in [0.29, 0.717) is 34.9 Å². The molecule has 1 aromatic heterocycles. The molecule has 1 heterocycles. The molecule has 1 aromatic carbocycles. The van der Waals surface area contributed by atoms with Gasteiger partial charge in [-0.05, 0) is 24.7 Å². The zero-order valence-electron chi connectivity index (χ0n) is 14.0. The van der Waals surface area contributed by atoms with Gasteiger partial charge in [-0.25, -0.2) is 9.78 Å². The summed E-state index contributed by atoms with van der Waals surface area (Å²) >= 11 is 13.2. The normalized spacial score (nSPS) is 10.9. The highest BCUT2D eigenvalue weighted by atomic mass is 35.5. The fourth-order valence-electron chi connectivity index (χ4n) is 2.01. The predicted octanol–water partition coefficient (Wildman–Crippen LogP) is 3.85. The van der Waals surface area contributed by atoms with E-state index in [4.69, 9.17) is 27.9 Å². The Morgan fingerprint density at radius 3 is 2.88 bits per heavy atom. The smallest absolute Gasteiger partial charge is 0.321 e. The summed E-state index contributed by atoms with van der Waals surface area (Å²) in [5.74, 6) is 0. The second kappa shape index (κ2) is 9.94. The number of likely N-dealkylation sites (N-methyl/N-ethyl adjacent to an activating group) is 1. The van der Waals surface area contributed by atoms with E-state index in [1.165, 1.54) is 11.3 Å². The van der Waals surface area contributed by atoms with Crippen molar-refractivity contribution in [2.75, 3.05) is 32.6 Å². The van der Waals surface area contributed by atoms with Gasteiger partial charge in [-0.15, -0.1) is 11.3 Å². The van der Waals surface area contributed by atoms with E-state index in [1.54, 1.807) is 19.2 Å². The molecule has 0 fully saturated rings. The Kier molecular flexibility index (Phi) is 7.92. The fourth-order valence-corrected chi connectivity index (χ4v) is 3.03. The van der Waals surface area contributed by atoms with E-state index in [1.807, 2.05) is 18.5 Å². The van der Waals surface area contributed by atoms with Crippen LogP contribution in [0, 0.1) is 0 Å². The molecule has 0 aliphatic heterocycles. The van der Waals surface area contributed by atoms with Crippen molar-refractivity contribution in [1.29, 1.82) is 0 Å². The Morgan fingerprint density at radius 1 is 1.36 bits per heavy atom. The number of anilines is 1.